The maximum absolute atomic E-state index is 13.7. The van der Waals surface area contributed by atoms with Gasteiger partial charge in [-0.1, -0.05) is 42.8 Å². The van der Waals surface area contributed by atoms with Gasteiger partial charge in [0.15, 0.2) is 17.3 Å². The van der Waals surface area contributed by atoms with Gasteiger partial charge in [-0.25, -0.2) is 4.79 Å². The molecule has 0 unspecified atom stereocenters. The number of esters is 1. The molecule has 0 aromatic heterocycles. The monoisotopic (exact) mass is 527 g/mol. The number of ether oxygens (including phenoxy) is 2. The third kappa shape index (κ3) is 5.27. The molecule has 2 aliphatic rings. The summed E-state index contributed by atoms with van der Waals surface area (Å²) in [5.74, 6) is 0.683. The number of phenolic OH excluding ortho intramolecular Hbond substituents is 1. The van der Waals surface area contributed by atoms with Gasteiger partial charge in [-0.15, -0.1) is 0 Å². The van der Waals surface area contributed by atoms with Gasteiger partial charge in [0.05, 0.1) is 12.7 Å². The van der Waals surface area contributed by atoms with Crippen LogP contribution in [0, 0.1) is 0 Å². The number of Topliss-reactive ketones (excluding diaryl/α,β-unsaturated/α-hetero) is 1. The standard InChI is InChI=1S/C28H30ClNO5S/c1-4-36-12-11-35-28(33)25-16(2)30-21-13-18(19-7-5-6-8-20(19)29)14-23(32)27(21)26(25)17-9-10-22(31)24(15-17)34-3/h5-10,15,18,26,30-31H,4,11-14H2,1-3H3/t18-,26-/m1/s1. The molecule has 36 heavy (non-hydrogen) atoms. The lowest BCUT2D eigenvalue weighted by atomic mass is 9.71. The minimum Gasteiger partial charge on any atom is -0.504 e. The molecule has 0 bridgehead atoms. The van der Waals surface area contributed by atoms with Crippen molar-refractivity contribution in [3.63, 3.8) is 0 Å². The van der Waals surface area contributed by atoms with E-state index in [4.69, 9.17) is 21.1 Å². The normalized spacial score (nSPS) is 19.6. The van der Waals surface area contributed by atoms with Crippen molar-refractivity contribution in [3.8, 4) is 11.5 Å². The summed E-state index contributed by atoms with van der Waals surface area (Å²) in [7, 11) is 1.47. The molecule has 6 nitrogen and oxygen atoms in total. The summed E-state index contributed by atoms with van der Waals surface area (Å²) in [5, 5.41) is 14.1. The van der Waals surface area contributed by atoms with Crippen molar-refractivity contribution < 1.29 is 24.2 Å². The van der Waals surface area contributed by atoms with Crippen LogP contribution >= 0.6 is 23.4 Å². The molecule has 2 atom stereocenters. The van der Waals surface area contributed by atoms with Crippen molar-refractivity contribution in [1.82, 2.24) is 5.32 Å². The molecular weight excluding hydrogens is 498 g/mol. The quantitative estimate of drug-likeness (QED) is 0.336. The zero-order chi connectivity index (χ0) is 25.8. The van der Waals surface area contributed by atoms with Crippen molar-refractivity contribution in [2.45, 2.75) is 38.5 Å². The lowest BCUT2D eigenvalue weighted by Crippen LogP contribution is -2.36. The Morgan fingerprint density at radius 3 is 2.72 bits per heavy atom. The Morgan fingerprint density at radius 1 is 1.22 bits per heavy atom. The summed E-state index contributed by atoms with van der Waals surface area (Å²) in [5.41, 5.74) is 3.98. The van der Waals surface area contributed by atoms with E-state index in [9.17, 15) is 14.7 Å². The molecular formula is C28H30ClNO5S. The number of benzene rings is 2. The zero-order valence-electron chi connectivity index (χ0n) is 20.6. The molecule has 0 fully saturated rings. The number of carbonyl (C=O) groups excluding carboxylic acids is 2. The molecule has 0 saturated heterocycles. The highest BCUT2D eigenvalue weighted by Crippen LogP contribution is 2.47. The Balaban J connectivity index is 1.76. The fourth-order valence-electron chi connectivity index (χ4n) is 4.96. The molecule has 8 heteroatoms. The highest BCUT2D eigenvalue weighted by Gasteiger charge is 2.42. The van der Waals surface area contributed by atoms with Crippen LogP contribution in [-0.2, 0) is 14.3 Å². The third-order valence-electron chi connectivity index (χ3n) is 6.59. The largest absolute Gasteiger partial charge is 0.504 e. The number of hydrogen-bond acceptors (Lipinski definition) is 7. The van der Waals surface area contributed by atoms with Gasteiger partial charge in [0.25, 0.3) is 0 Å². The average Bonchev–Trinajstić information content (AvgIpc) is 2.86. The Labute approximate surface area is 220 Å². The van der Waals surface area contributed by atoms with Crippen molar-refractivity contribution in [2.24, 2.45) is 0 Å². The van der Waals surface area contributed by atoms with Crippen LogP contribution in [0.1, 0.15) is 49.7 Å². The van der Waals surface area contributed by atoms with Crippen LogP contribution in [0.25, 0.3) is 0 Å². The number of methoxy groups -OCH3 is 1. The molecule has 4 rings (SSSR count). The number of phenols is 1. The second-order valence-electron chi connectivity index (χ2n) is 8.80. The summed E-state index contributed by atoms with van der Waals surface area (Å²) in [6.45, 7) is 4.17. The number of thioether (sulfide) groups is 1. The number of dihydropyridines is 1. The van der Waals surface area contributed by atoms with E-state index in [1.807, 2.05) is 31.2 Å². The number of rotatable bonds is 8. The summed E-state index contributed by atoms with van der Waals surface area (Å²) < 4.78 is 10.9. The first kappa shape index (κ1) is 26.2. The van der Waals surface area contributed by atoms with Gasteiger partial charge < -0.3 is 19.9 Å². The maximum Gasteiger partial charge on any atom is 0.336 e. The van der Waals surface area contributed by atoms with E-state index in [1.54, 1.807) is 23.9 Å². The van der Waals surface area contributed by atoms with Crippen molar-refractivity contribution in [2.75, 3.05) is 25.2 Å². The number of nitrogens with one attached hydrogen (secondary N) is 1. The van der Waals surface area contributed by atoms with Crippen molar-refractivity contribution in [3.05, 3.63) is 81.2 Å². The lowest BCUT2D eigenvalue weighted by molar-refractivity contribution is -0.138. The Bertz CT molecular complexity index is 1240. The minimum absolute atomic E-state index is 0.0143. The zero-order valence-corrected chi connectivity index (χ0v) is 22.2. The smallest absolute Gasteiger partial charge is 0.336 e. The number of carbonyl (C=O) groups is 2. The van der Waals surface area contributed by atoms with E-state index in [0.717, 1.165) is 17.0 Å². The van der Waals surface area contributed by atoms with Crippen LogP contribution in [0.3, 0.4) is 0 Å². The van der Waals surface area contributed by atoms with Crippen LogP contribution in [0.2, 0.25) is 5.02 Å². The van der Waals surface area contributed by atoms with Crippen LogP contribution in [0.5, 0.6) is 11.5 Å². The van der Waals surface area contributed by atoms with E-state index in [0.29, 0.717) is 39.6 Å². The number of aromatic hydroxyl groups is 1. The van der Waals surface area contributed by atoms with Gasteiger partial charge in [-0.3, -0.25) is 4.79 Å². The Hall–Kier alpha value is -2.90. The summed E-state index contributed by atoms with van der Waals surface area (Å²) >= 11 is 8.15. The second kappa shape index (κ2) is 11.4. The predicted octanol–water partition coefficient (Wildman–Crippen LogP) is 5.71. The molecule has 0 saturated carbocycles. The Kier molecular flexibility index (Phi) is 8.32. The molecule has 1 aliphatic carbocycles. The minimum atomic E-state index is -0.637. The molecule has 0 spiro atoms. The van der Waals surface area contributed by atoms with Gasteiger partial charge in [-0.05, 0) is 54.3 Å². The van der Waals surface area contributed by atoms with E-state index in [-0.39, 0.29) is 36.2 Å². The van der Waals surface area contributed by atoms with Gasteiger partial charge in [0.2, 0.25) is 0 Å². The van der Waals surface area contributed by atoms with Crippen molar-refractivity contribution >= 4 is 35.1 Å². The van der Waals surface area contributed by atoms with E-state index in [2.05, 4.69) is 12.2 Å². The van der Waals surface area contributed by atoms with E-state index in [1.165, 1.54) is 13.2 Å². The predicted molar refractivity (Wildman–Crippen MR) is 143 cm³/mol. The van der Waals surface area contributed by atoms with Crippen LogP contribution in [0.4, 0.5) is 0 Å². The van der Waals surface area contributed by atoms with E-state index >= 15 is 0 Å². The SMILES string of the molecule is CCSCCOC(=O)C1=C(C)NC2=C(C(=O)C[C@H](c3ccccc3Cl)C2)[C@@H]1c1ccc(O)c(OC)c1. The number of ketones is 1. The highest BCUT2D eigenvalue weighted by molar-refractivity contribution is 7.99. The van der Waals surface area contributed by atoms with Crippen LogP contribution < -0.4 is 10.1 Å². The molecule has 2 aromatic carbocycles. The van der Waals surface area contributed by atoms with Crippen LogP contribution in [0.15, 0.2) is 65.0 Å². The van der Waals surface area contributed by atoms with Gasteiger partial charge in [-0.2, -0.15) is 11.8 Å². The number of allylic oxidation sites excluding steroid dienone is 3. The number of hydrogen-bond donors (Lipinski definition) is 2. The third-order valence-corrected chi connectivity index (χ3v) is 7.80. The molecule has 2 N–H and O–H groups in total. The first-order chi connectivity index (χ1) is 17.3. The molecule has 0 radical (unpaired) electrons. The molecule has 190 valence electrons. The van der Waals surface area contributed by atoms with Gasteiger partial charge in [0.1, 0.15) is 6.61 Å². The van der Waals surface area contributed by atoms with Gasteiger partial charge >= 0.3 is 5.97 Å². The molecule has 1 aliphatic heterocycles. The average molecular weight is 528 g/mol. The second-order valence-corrected chi connectivity index (χ2v) is 10.6. The fourth-order valence-corrected chi connectivity index (χ4v) is 5.74. The first-order valence-corrected chi connectivity index (χ1v) is 13.5. The first-order valence-electron chi connectivity index (χ1n) is 12.0. The van der Waals surface area contributed by atoms with E-state index < -0.39 is 11.9 Å². The summed E-state index contributed by atoms with van der Waals surface area (Å²) in [6, 6.07) is 12.5. The lowest BCUT2D eigenvalue weighted by Gasteiger charge is -2.37. The fraction of sp³-hybridized carbons (Fsp3) is 0.357. The highest BCUT2D eigenvalue weighted by atomic mass is 35.5. The van der Waals surface area contributed by atoms with Crippen molar-refractivity contribution in [1.29, 1.82) is 0 Å². The summed E-state index contributed by atoms with van der Waals surface area (Å²) in [6.07, 6.45) is 0.869. The maximum atomic E-state index is 13.7. The topological polar surface area (TPSA) is 84.9 Å². The Morgan fingerprint density at radius 2 is 2.00 bits per heavy atom. The van der Waals surface area contributed by atoms with Crippen LogP contribution in [-0.4, -0.2) is 42.1 Å². The molecule has 0 amide bonds. The summed E-state index contributed by atoms with van der Waals surface area (Å²) in [4.78, 5) is 27.0. The van der Waals surface area contributed by atoms with Gasteiger partial charge in [0, 0.05) is 40.1 Å². The molecule has 2 aromatic rings. The molecule has 1 heterocycles. The number of halogens is 1.